The first-order valence-corrected chi connectivity index (χ1v) is 7.00. The maximum absolute atomic E-state index is 2.34. The van der Waals surface area contributed by atoms with Crippen molar-refractivity contribution in [3.8, 4) is 5.69 Å². The van der Waals surface area contributed by atoms with Crippen molar-refractivity contribution < 1.29 is 0 Å². The Morgan fingerprint density at radius 2 is 1.84 bits per heavy atom. The second kappa shape index (κ2) is 3.99. The molecule has 0 fully saturated rings. The number of fused-ring (bicyclic) bond motifs is 2. The molecule has 1 aliphatic rings. The van der Waals surface area contributed by atoms with Crippen LogP contribution in [0.5, 0.6) is 0 Å². The standard InChI is InChI=1S/C18H17N/c1-13-11-15-6-4-8-18(16(15)12-13)19-10-9-14-5-2-3-7-17(14)19/h2-10,13H,11-12H2,1H3/t13-/m0/s1. The van der Waals surface area contributed by atoms with Gasteiger partial charge in [-0.05, 0) is 53.5 Å². The maximum atomic E-state index is 2.34. The van der Waals surface area contributed by atoms with Gasteiger partial charge in [-0.15, -0.1) is 0 Å². The minimum Gasteiger partial charge on any atom is -0.316 e. The molecule has 1 heterocycles. The predicted octanol–water partition coefficient (Wildman–Crippen LogP) is 4.37. The SMILES string of the molecule is C[C@H]1Cc2cccc(-n3ccc4ccccc43)c2C1. The highest BCUT2D eigenvalue weighted by atomic mass is 15.0. The summed E-state index contributed by atoms with van der Waals surface area (Å²) < 4.78 is 2.34. The zero-order valence-corrected chi connectivity index (χ0v) is 11.1. The highest BCUT2D eigenvalue weighted by molar-refractivity contribution is 5.82. The van der Waals surface area contributed by atoms with E-state index in [1.807, 2.05) is 0 Å². The van der Waals surface area contributed by atoms with Crippen molar-refractivity contribution in [3.05, 3.63) is 65.9 Å². The van der Waals surface area contributed by atoms with Gasteiger partial charge in [-0.3, -0.25) is 0 Å². The summed E-state index contributed by atoms with van der Waals surface area (Å²) in [7, 11) is 0. The van der Waals surface area contributed by atoms with Gasteiger partial charge in [-0.2, -0.15) is 0 Å². The molecule has 4 rings (SSSR count). The monoisotopic (exact) mass is 247 g/mol. The fraction of sp³-hybridized carbons (Fsp3) is 0.222. The molecule has 2 aromatic carbocycles. The maximum Gasteiger partial charge on any atom is 0.0528 e. The zero-order valence-electron chi connectivity index (χ0n) is 11.1. The van der Waals surface area contributed by atoms with Crippen LogP contribution in [-0.2, 0) is 12.8 Å². The Kier molecular flexibility index (Phi) is 2.28. The molecule has 0 saturated heterocycles. The van der Waals surface area contributed by atoms with Gasteiger partial charge in [0.05, 0.1) is 5.52 Å². The van der Waals surface area contributed by atoms with Crippen molar-refractivity contribution in [2.75, 3.05) is 0 Å². The fourth-order valence-corrected chi connectivity index (χ4v) is 3.36. The molecule has 0 N–H and O–H groups in total. The lowest BCUT2D eigenvalue weighted by molar-refractivity contribution is 0.627. The van der Waals surface area contributed by atoms with Crippen LogP contribution in [0.3, 0.4) is 0 Å². The van der Waals surface area contributed by atoms with Crippen LogP contribution in [0.4, 0.5) is 0 Å². The van der Waals surface area contributed by atoms with Gasteiger partial charge in [-0.25, -0.2) is 0 Å². The highest BCUT2D eigenvalue weighted by Gasteiger charge is 2.21. The summed E-state index contributed by atoms with van der Waals surface area (Å²) in [6.07, 6.45) is 4.63. The first-order valence-electron chi connectivity index (χ1n) is 7.00. The van der Waals surface area contributed by atoms with Crippen molar-refractivity contribution >= 4 is 10.9 Å². The molecule has 1 heteroatoms. The average Bonchev–Trinajstić information content (AvgIpc) is 3.00. The third-order valence-corrected chi connectivity index (χ3v) is 4.23. The topological polar surface area (TPSA) is 4.93 Å². The van der Waals surface area contributed by atoms with E-state index in [1.54, 1.807) is 0 Å². The van der Waals surface area contributed by atoms with Gasteiger partial charge in [0, 0.05) is 11.9 Å². The van der Waals surface area contributed by atoms with E-state index in [4.69, 9.17) is 0 Å². The molecule has 1 aromatic heterocycles. The van der Waals surface area contributed by atoms with Gasteiger partial charge in [0.15, 0.2) is 0 Å². The van der Waals surface area contributed by atoms with Gasteiger partial charge >= 0.3 is 0 Å². The summed E-state index contributed by atoms with van der Waals surface area (Å²) in [6.45, 7) is 2.34. The van der Waals surface area contributed by atoms with Crippen molar-refractivity contribution in [3.63, 3.8) is 0 Å². The second-order valence-electron chi connectivity index (χ2n) is 5.67. The molecule has 94 valence electrons. The van der Waals surface area contributed by atoms with Crippen LogP contribution in [0.15, 0.2) is 54.7 Å². The Bertz CT molecular complexity index is 751. The van der Waals surface area contributed by atoms with E-state index < -0.39 is 0 Å². The normalized spacial score (nSPS) is 17.8. The van der Waals surface area contributed by atoms with E-state index in [0.717, 1.165) is 5.92 Å². The van der Waals surface area contributed by atoms with Crippen LogP contribution >= 0.6 is 0 Å². The number of para-hydroxylation sites is 1. The van der Waals surface area contributed by atoms with Gasteiger partial charge in [0.1, 0.15) is 0 Å². The van der Waals surface area contributed by atoms with E-state index >= 15 is 0 Å². The molecular weight excluding hydrogens is 230 g/mol. The molecule has 0 aliphatic heterocycles. The van der Waals surface area contributed by atoms with Gasteiger partial charge < -0.3 is 4.57 Å². The van der Waals surface area contributed by atoms with Crippen LogP contribution in [0.1, 0.15) is 18.1 Å². The molecule has 0 unspecified atom stereocenters. The third-order valence-electron chi connectivity index (χ3n) is 4.23. The Morgan fingerprint density at radius 3 is 2.79 bits per heavy atom. The minimum absolute atomic E-state index is 0.776. The largest absolute Gasteiger partial charge is 0.316 e. The van der Waals surface area contributed by atoms with E-state index in [2.05, 4.69) is 66.2 Å². The molecule has 0 spiro atoms. The summed E-state index contributed by atoms with van der Waals surface area (Å²) >= 11 is 0. The molecular formula is C18H17N. The highest BCUT2D eigenvalue weighted by Crippen LogP contribution is 2.32. The van der Waals surface area contributed by atoms with Crippen LogP contribution in [0.2, 0.25) is 0 Å². The molecule has 0 amide bonds. The number of benzene rings is 2. The Balaban J connectivity index is 1.97. The molecule has 0 saturated carbocycles. The Labute approximate surface area is 113 Å². The minimum atomic E-state index is 0.776. The van der Waals surface area contributed by atoms with Crippen molar-refractivity contribution in [2.24, 2.45) is 5.92 Å². The van der Waals surface area contributed by atoms with E-state index in [9.17, 15) is 0 Å². The van der Waals surface area contributed by atoms with Crippen LogP contribution in [-0.4, -0.2) is 4.57 Å². The zero-order chi connectivity index (χ0) is 12.8. The molecule has 1 aliphatic carbocycles. The van der Waals surface area contributed by atoms with E-state index in [1.165, 1.54) is 40.6 Å². The first-order chi connectivity index (χ1) is 9.33. The van der Waals surface area contributed by atoms with Gasteiger partial charge in [0.2, 0.25) is 0 Å². The fourth-order valence-electron chi connectivity index (χ4n) is 3.36. The van der Waals surface area contributed by atoms with Crippen LogP contribution < -0.4 is 0 Å². The summed E-state index contributed by atoms with van der Waals surface area (Å²) in [5.74, 6) is 0.776. The van der Waals surface area contributed by atoms with Crippen molar-refractivity contribution in [2.45, 2.75) is 19.8 Å². The molecule has 1 atom stereocenters. The first kappa shape index (κ1) is 10.9. The van der Waals surface area contributed by atoms with Crippen molar-refractivity contribution in [1.82, 2.24) is 4.57 Å². The van der Waals surface area contributed by atoms with E-state index in [-0.39, 0.29) is 0 Å². The lowest BCUT2D eigenvalue weighted by atomic mass is 10.1. The predicted molar refractivity (Wildman–Crippen MR) is 79.8 cm³/mol. The molecule has 0 radical (unpaired) electrons. The summed E-state index contributed by atoms with van der Waals surface area (Å²) in [4.78, 5) is 0. The number of nitrogens with zero attached hydrogens (tertiary/aromatic N) is 1. The van der Waals surface area contributed by atoms with E-state index in [0.29, 0.717) is 0 Å². The Morgan fingerprint density at radius 1 is 0.947 bits per heavy atom. The summed E-state index contributed by atoms with van der Waals surface area (Å²) in [5.41, 5.74) is 5.73. The smallest absolute Gasteiger partial charge is 0.0528 e. The summed E-state index contributed by atoms with van der Waals surface area (Å²) in [5, 5.41) is 1.31. The lowest BCUT2D eigenvalue weighted by Crippen LogP contribution is -1.98. The quantitative estimate of drug-likeness (QED) is 0.602. The molecule has 1 nitrogen and oxygen atoms in total. The average molecular weight is 247 g/mol. The molecule has 19 heavy (non-hydrogen) atoms. The molecule has 0 bridgehead atoms. The second-order valence-corrected chi connectivity index (χ2v) is 5.67. The number of hydrogen-bond donors (Lipinski definition) is 0. The lowest BCUT2D eigenvalue weighted by Gasteiger charge is -2.11. The number of rotatable bonds is 1. The number of hydrogen-bond acceptors (Lipinski definition) is 0. The third kappa shape index (κ3) is 1.61. The summed E-state index contributed by atoms with van der Waals surface area (Å²) in [6, 6.07) is 17.5. The van der Waals surface area contributed by atoms with Gasteiger partial charge in [0.25, 0.3) is 0 Å². The van der Waals surface area contributed by atoms with Crippen LogP contribution in [0.25, 0.3) is 16.6 Å². The molecule has 3 aromatic rings. The van der Waals surface area contributed by atoms with Crippen molar-refractivity contribution in [1.29, 1.82) is 0 Å². The van der Waals surface area contributed by atoms with Gasteiger partial charge in [-0.1, -0.05) is 37.3 Å². The van der Waals surface area contributed by atoms with Crippen LogP contribution in [0, 0.1) is 5.92 Å². The number of aromatic nitrogens is 1. The Hall–Kier alpha value is -2.02.